The van der Waals surface area contributed by atoms with Crippen LogP contribution in [0.25, 0.3) is 0 Å². The Morgan fingerprint density at radius 2 is 2.11 bits per heavy atom. The lowest BCUT2D eigenvalue weighted by molar-refractivity contribution is -0.122. The first-order valence-corrected chi connectivity index (χ1v) is 9.96. The number of nitrogens with one attached hydrogen (secondary N) is 1. The molecule has 0 unspecified atom stereocenters. The van der Waals surface area contributed by atoms with Gasteiger partial charge in [0.2, 0.25) is 11.8 Å². The molecule has 0 spiro atoms. The maximum atomic E-state index is 12.7. The first-order valence-electron chi connectivity index (χ1n) is 9.08. The minimum absolute atomic E-state index is 0.0669. The molecule has 1 saturated heterocycles. The van der Waals surface area contributed by atoms with Crippen molar-refractivity contribution in [3.05, 3.63) is 35.3 Å². The van der Waals surface area contributed by atoms with Crippen molar-refractivity contribution in [3.63, 3.8) is 0 Å². The summed E-state index contributed by atoms with van der Waals surface area (Å²) in [5.41, 5.74) is 1.59. The second-order valence-electron chi connectivity index (χ2n) is 7.58. The van der Waals surface area contributed by atoms with Crippen LogP contribution >= 0.6 is 11.3 Å². The molecule has 0 radical (unpaired) electrons. The van der Waals surface area contributed by atoms with Gasteiger partial charge < -0.3 is 15.0 Å². The lowest BCUT2D eigenvalue weighted by atomic mass is 9.93. The van der Waals surface area contributed by atoms with Crippen LogP contribution < -0.4 is 15.0 Å². The Hall–Kier alpha value is -2.41. The molecule has 1 fully saturated rings. The summed E-state index contributed by atoms with van der Waals surface area (Å²) in [6.45, 7) is 9.00. The van der Waals surface area contributed by atoms with Gasteiger partial charge in [-0.25, -0.2) is 4.98 Å². The van der Waals surface area contributed by atoms with Crippen LogP contribution in [-0.4, -0.2) is 29.9 Å². The number of thiazole rings is 1. The zero-order valence-electron chi connectivity index (χ0n) is 16.1. The molecule has 2 amide bonds. The van der Waals surface area contributed by atoms with E-state index in [4.69, 9.17) is 4.74 Å². The van der Waals surface area contributed by atoms with Gasteiger partial charge in [-0.2, -0.15) is 0 Å². The summed E-state index contributed by atoms with van der Waals surface area (Å²) in [6.07, 6.45) is 0.184. The molecule has 1 atom stereocenters. The van der Waals surface area contributed by atoms with Crippen molar-refractivity contribution in [3.8, 4) is 5.75 Å². The molecule has 1 N–H and O–H groups in total. The number of amides is 2. The van der Waals surface area contributed by atoms with E-state index in [1.807, 2.05) is 36.6 Å². The molecule has 144 valence electrons. The van der Waals surface area contributed by atoms with Crippen molar-refractivity contribution in [1.29, 1.82) is 0 Å². The zero-order valence-corrected chi connectivity index (χ0v) is 16.9. The van der Waals surface area contributed by atoms with Crippen molar-refractivity contribution >= 4 is 34.0 Å². The van der Waals surface area contributed by atoms with Gasteiger partial charge in [-0.05, 0) is 19.1 Å². The van der Waals surface area contributed by atoms with Gasteiger partial charge >= 0.3 is 0 Å². The molecule has 1 aromatic carbocycles. The number of carbonyl (C=O) groups is 2. The Morgan fingerprint density at radius 1 is 1.37 bits per heavy atom. The Bertz CT molecular complexity index is 841. The standard InChI is InChI=1S/C20H25N3O3S/c1-5-26-15-9-7-6-8-14(15)23-11-13(10-17(23)24)18(25)22-19-21-16(12-27-19)20(2,3)4/h6-9,12-13H,5,10-11H2,1-4H3,(H,21,22,25)/t13-/m0/s1. The number of hydrogen-bond donors (Lipinski definition) is 1. The molecule has 7 heteroatoms. The largest absolute Gasteiger partial charge is 0.492 e. The first kappa shape index (κ1) is 19.4. The van der Waals surface area contributed by atoms with Crippen LogP contribution in [0.15, 0.2) is 29.6 Å². The Kier molecular flexibility index (Phi) is 5.51. The summed E-state index contributed by atoms with van der Waals surface area (Å²) in [5, 5.41) is 5.40. The summed E-state index contributed by atoms with van der Waals surface area (Å²) in [6, 6.07) is 7.42. The quantitative estimate of drug-likeness (QED) is 0.846. The van der Waals surface area contributed by atoms with Crippen LogP contribution in [0.5, 0.6) is 5.75 Å². The molecular weight excluding hydrogens is 362 g/mol. The second-order valence-corrected chi connectivity index (χ2v) is 8.44. The van der Waals surface area contributed by atoms with Crippen LogP contribution in [-0.2, 0) is 15.0 Å². The van der Waals surface area contributed by atoms with Gasteiger partial charge in [0.25, 0.3) is 0 Å². The predicted molar refractivity (Wildman–Crippen MR) is 108 cm³/mol. The molecule has 27 heavy (non-hydrogen) atoms. The van der Waals surface area contributed by atoms with E-state index in [0.717, 1.165) is 5.69 Å². The van der Waals surface area contributed by atoms with Gasteiger partial charge in [0, 0.05) is 23.8 Å². The predicted octanol–water partition coefficient (Wildman–Crippen LogP) is 3.83. The number of anilines is 2. The van der Waals surface area contributed by atoms with Crippen LogP contribution in [0, 0.1) is 5.92 Å². The van der Waals surface area contributed by atoms with E-state index in [-0.39, 0.29) is 23.7 Å². The number of hydrogen-bond acceptors (Lipinski definition) is 5. The summed E-state index contributed by atoms with van der Waals surface area (Å²) >= 11 is 1.41. The number of carbonyl (C=O) groups excluding carboxylic acids is 2. The Labute approximate surface area is 163 Å². The third-order valence-corrected chi connectivity index (χ3v) is 5.21. The maximum absolute atomic E-state index is 12.7. The molecule has 1 aliphatic heterocycles. The minimum Gasteiger partial charge on any atom is -0.492 e. The van der Waals surface area contributed by atoms with Crippen LogP contribution in [0.2, 0.25) is 0 Å². The SMILES string of the molecule is CCOc1ccccc1N1C[C@@H](C(=O)Nc2nc(C(C)(C)C)cs2)CC1=O. The number of ether oxygens (including phenoxy) is 1. The summed E-state index contributed by atoms with van der Waals surface area (Å²) in [5.74, 6) is 0.00435. The molecule has 1 aromatic heterocycles. The van der Waals surface area contributed by atoms with Crippen LogP contribution in [0.1, 0.15) is 39.8 Å². The molecule has 2 aromatic rings. The van der Waals surface area contributed by atoms with E-state index in [2.05, 4.69) is 31.1 Å². The lowest BCUT2D eigenvalue weighted by Crippen LogP contribution is -2.28. The van der Waals surface area contributed by atoms with E-state index in [9.17, 15) is 9.59 Å². The first-order chi connectivity index (χ1) is 12.8. The average Bonchev–Trinajstić information content (AvgIpc) is 3.22. The van der Waals surface area contributed by atoms with Crippen molar-refractivity contribution in [2.75, 3.05) is 23.4 Å². The van der Waals surface area contributed by atoms with Gasteiger partial charge in [-0.15, -0.1) is 11.3 Å². The third-order valence-electron chi connectivity index (χ3n) is 4.45. The molecular formula is C20H25N3O3S. The molecule has 0 saturated carbocycles. The number of aromatic nitrogens is 1. The topological polar surface area (TPSA) is 71.5 Å². The number of para-hydroxylation sites is 2. The van der Waals surface area contributed by atoms with E-state index in [0.29, 0.717) is 29.7 Å². The number of benzene rings is 1. The van der Waals surface area contributed by atoms with Crippen molar-refractivity contribution in [1.82, 2.24) is 4.98 Å². The van der Waals surface area contributed by atoms with Crippen LogP contribution in [0.4, 0.5) is 10.8 Å². The van der Waals surface area contributed by atoms with Crippen LogP contribution in [0.3, 0.4) is 0 Å². The molecule has 0 bridgehead atoms. The second kappa shape index (κ2) is 7.68. The fourth-order valence-corrected chi connectivity index (χ4v) is 3.90. The normalized spacial score (nSPS) is 17.3. The Morgan fingerprint density at radius 3 is 2.78 bits per heavy atom. The van der Waals surface area contributed by atoms with Gasteiger partial charge in [0.1, 0.15) is 5.75 Å². The average molecular weight is 388 g/mol. The Balaban J connectivity index is 1.70. The fraction of sp³-hybridized carbons (Fsp3) is 0.450. The van der Waals surface area contributed by atoms with Crippen molar-refractivity contribution < 1.29 is 14.3 Å². The molecule has 1 aliphatic rings. The lowest BCUT2D eigenvalue weighted by Gasteiger charge is -2.20. The highest BCUT2D eigenvalue weighted by Gasteiger charge is 2.36. The third kappa shape index (κ3) is 4.30. The van der Waals surface area contributed by atoms with Crippen molar-refractivity contribution in [2.24, 2.45) is 5.92 Å². The van der Waals surface area contributed by atoms with E-state index < -0.39 is 5.92 Å². The zero-order chi connectivity index (χ0) is 19.6. The molecule has 0 aliphatic carbocycles. The number of nitrogens with zero attached hydrogens (tertiary/aromatic N) is 2. The van der Waals surface area contributed by atoms with Gasteiger partial charge in [0.15, 0.2) is 5.13 Å². The molecule has 3 rings (SSSR count). The monoisotopic (exact) mass is 387 g/mol. The molecule has 6 nitrogen and oxygen atoms in total. The van der Waals surface area contributed by atoms with Gasteiger partial charge in [0.05, 0.1) is 23.9 Å². The van der Waals surface area contributed by atoms with Gasteiger partial charge in [-0.3, -0.25) is 9.59 Å². The molecule has 2 heterocycles. The summed E-state index contributed by atoms with van der Waals surface area (Å²) < 4.78 is 5.62. The van der Waals surface area contributed by atoms with E-state index >= 15 is 0 Å². The van der Waals surface area contributed by atoms with Gasteiger partial charge in [-0.1, -0.05) is 32.9 Å². The maximum Gasteiger partial charge on any atom is 0.231 e. The highest BCUT2D eigenvalue weighted by atomic mass is 32.1. The van der Waals surface area contributed by atoms with E-state index in [1.165, 1.54) is 11.3 Å². The van der Waals surface area contributed by atoms with E-state index in [1.54, 1.807) is 4.90 Å². The minimum atomic E-state index is -0.408. The highest BCUT2D eigenvalue weighted by Crippen LogP contribution is 2.34. The highest BCUT2D eigenvalue weighted by molar-refractivity contribution is 7.13. The summed E-state index contributed by atoms with van der Waals surface area (Å²) in [4.78, 5) is 31.3. The number of rotatable bonds is 5. The fourth-order valence-electron chi connectivity index (χ4n) is 2.96. The summed E-state index contributed by atoms with van der Waals surface area (Å²) in [7, 11) is 0. The smallest absolute Gasteiger partial charge is 0.231 e. The van der Waals surface area contributed by atoms with Crippen molar-refractivity contribution in [2.45, 2.75) is 39.5 Å².